The monoisotopic (exact) mass is 742 g/mol. The lowest BCUT2D eigenvalue weighted by molar-refractivity contribution is 1.22. The van der Waals surface area contributed by atoms with E-state index in [0.29, 0.717) is 0 Å². The van der Waals surface area contributed by atoms with Crippen molar-refractivity contribution in [2.45, 2.75) is 0 Å². The molecule has 51 heavy (non-hydrogen) atoms. The third-order valence-electron chi connectivity index (χ3n) is 9.97. The molecule has 11 rings (SSSR count). The van der Waals surface area contributed by atoms with Crippen molar-refractivity contribution in [2.24, 2.45) is 0 Å². The molecule has 2 nitrogen and oxygen atoms in total. The van der Waals surface area contributed by atoms with Crippen molar-refractivity contribution in [3.63, 3.8) is 0 Å². The van der Waals surface area contributed by atoms with Gasteiger partial charge in [0.05, 0.1) is 22.1 Å². The first kappa shape index (κ1) is 29.7. The third-order valence-corrected chi connectivity index (χ3v) is 13.8. The number of hydrogen-bond donors (Lipinski definition) is 0. The minimum absolute atomic E-state index is 1.20. The Balaban J connectivity index is 1.12. The van der Waals surface area contributed by atoms with Gasteiger partial charge in [0.15, 0.2) is 0 Å². The van der Waals surface area contributed by atoms with E-state index in [0.717, 1.165) is 0 Å². The van der Waals surface area contributed by atoms with E-state index in [1.54, 1.807) is 45.3 Å². The molecular weight excluding hydrogens is 717 g/mol. The van der Waals surface area contributed by atoms with Gasteiger partial charge in [-0.2, -0.15) is 45.3 Å². The van der Waals surface area contributed by atoms with Crippen molar-refractivity contribution in [3.8, 4) is 54.5 Å². The fourth-order valence-electron chi connectivity index (χ4n) is 7.51. The van der Waals surface area contributed by atoms with Crippen LogP contribution in [0.3, 0.4) is 0 Å². The molecule has 0 aliphatic rings. The van der Waals surface area contributed by atoms with E-state index in [1.807, 2.05) is 11.3 Å². The van der Waals surface area contributed by atoms with E-state index in [1.165, 1.54) is 98.1 Å². The molecule has 7 heteroatoms. The molecule has 0 aliphatic carbocycles. The Morgan fingerprint density at radius 2 is 0.588 bits per heavy atom. The molecule has 4 aromatic carbocycles. The Kier molecular flexibility index (Phi) is 6.85. The number of benzene rings is 4. The standard InChI is InChI=1S/C44H26N2S5/c1-5-39-35(19-27(1)31-11-15-47-23-31)36-20-28(32-12-16-48-24-32)2-6-40(36)45(39)43-9-10-44(51-43)46-41-7-3-29(33-13-17-49-25-33)21-37(41)38-22-30(4-8-42(38)46)34-14-18-50-26-34/h1-26H. The van der Waals surface area contributed by atoms with E-state index in [2.05, 4.69) is 161 Å². The molecular formula is C44H26N2S5. The average Bonchev–Trinajstić information content (AvgIpc) is 4.02. The number of aromatic nitrogens is 2. The van der Waals surface area contributed by atoms with Gasteiger partial charge in [0.25, 0.3) is 0 Å². The number of rotatable bonds is 6. The van der Waals surface area contributed by atoms with E-state index in [9.17, 15) is 0 Å². The lowest BCUT2D eigenvalue weighted by Crippen LogP contribution is -1.91. The molecule has 0 radical (unpaired) electrons. The van der Waals surface area contributed by atoms with Crippen LogP contribution >= 0.6 is 56.7 Å². The minimum Gasteiger partial charge on any atom is -0.301 e. The van der Waals surface area contributed by atoms with Gasteiger partial charge < -0.3 is 9.13 Å². The van der Waals surface area contributed by atoms with Crippen LogP contribution in [0.25, 0.3) is 98.1 Å². The molecule has 0 saturated carbocycles. The molecule has 0 aliphatic heterocycles. The molecule has 0 amide bonds. The Labute approximate surface area is 314 Å². The largest absolute Gasteiger partial charge is 0.301 e. The van der Waals surface area contributed by atoms with Crippen molar-refractivity contribution >= 4 is 100 Å². The number of nitrogens with zero attached hydrogens (tertiary/aromatic N) is 2. The summed E-state index contributed by atoms with van der Waals surface area (Å²) in [6.45, 7) is 0. The first-order chi connectivity index (χ1) is 25.3. The van der Waals surface area contributed by atoms with Gasteiger partial charge in [0, 0.05) is 21.5 Å². The second-order valence-electron chi connectivity index (χ2n) is 12.8. The third kappa shape index (κ3) is 4.77. The first-order valence-corrected chi connectivity index (χ1v) is 21.2. The zero-order valence-electron chi connectivity index (χ0n) is 26.9. The van der Waals surface area contributed by atoms with Crippen LogP contribution in [0.5, 0.6) is 0 Å². The van der Waals surface area contributed by atoms with Gasteiger partial charge >= 0.3 is 0 Å². The summed E-state index contributed by atoms with van der Waals surface area (Å²) in [6.07, 6.45) is 0. The predicted molar refractivity (Wildman–Crippen MR) is 226 cm³/mol. The average molecular weight is 743 g/mol. The molecule has 0 fully saturated rings. The van der Waals surface area contributed by atoms with Crippen LogP contribution in [0.15, 0.2) is 152 Å². The number of hydrogen-bond acceptors (Lipinski definition) is 5. The number of fused-ring (bicyclic) bond motifs is 6. The quantitative estimate of drug-likeness (QED) is 0.161. The maximum Gasteiger partial charge on any atom is 0.102 e. The summed E-state index contributed by atoms with van der Waals surface area (Å²) in [7, 11) is 0. The molecule has 11 aromatic rings. The lowest BCUT2D eigenvalue weighted by Gasteiger charge is -2.07. The van der Waals surface area contributed by atoms with Crippen LogP contribution in [-0.4, -0.2) is 9.13 Å². The molecule has 0 spiro atoms. The van der Waals surface area contributed by atoms with Crippen molar-refractivity contribution < 1.29 is 0 Å². The highest BCUT2D eigenvalue weighted by molar-refractivity contribution is 7.17. The SMILES string of the molecule is c1cc(-c2ccc3c(c2)c2cc(-c4ccsc4)ccc2n3-c2ccc(-n3c4ccc(-c5ccsc5)cc4c4cc(-c5ccsc5)ccc43)s2)cs1. The topological polar surface area (TPSA) is 9.86 Å². The summed E-state index contributed by atoms with van der Waals surface area (Å²) >= 11 is 8.83. The van der Waals surface area contributed by atoms with E-state index in [4.69, 9.17) is 0 Å². The van der Waals surface area contributed by atoms with Crippen LogP contribution in [0.2, 0.25) is 0 Å². The maximum atomic E-state index is 2.46. The van der Waals surface area contributed by atoms with Crippen molar-refractivity contribution in [1.29, 1.82) is 0 Å². The molecule has 242 valence electrons. The van der Waals surface area contributed by atoms with Gasteiger partial charge in [-0.05, 0) is 172 Å². The zero-order chi connectivity index (χ0) is 33.5. The smallest absolute Gasteiger partial charge is 0.102 e. The second kappa shape index (κ2) is 11.8. The zero-order valence-corrected chi connectivity index (χ0v) is 31.0. The van der Waals surface area contributed by atoms with Crippen LogP contribution in [0.1, 0.15) is 0 Å². The van der Waals surface area contributed by atoms with E-state index < -0.39 is 0 Å². The van der Waals surface area contributed by atoms with E-state index >= 15 is 0 Å². The van der Waals surface area contributed by atoms with Crippen LogP contribution in [-0.2, 0) is 0 Å². The Morgan fingerprint density at radius 1 is 0.294 bits per heavy atom. The summed E-state index contributed by atoms with van der Waals surface area (Å²) in [6, 6.07) is 41.3. The van der Waals surface area contributed by atoms with Gasteiger partial charge in [-0.3, -0.25) is 0 Å². The van der Waals surface area contributed by atoms with Gasteiger partial charge in [0.1, 0.15) is 10.0 Å². The van der Waals surface area contributed by atoms with E-state index in [-0.39, 0.29) is 0 Å². The molecule has 0 atom stereocenters. The van der Waals surface area contributed by atoms with Crippen molar-refractivity contribution in [1.82, 2.24) is 9.13 Å². The van der Waals surface area contributed by atoms with Crippen molar-refractivity contribution in [3.05, 3.63) is 152 Å². The van der Waals surface area contributed by atoms with Crippen molar-refractivity contribution in [2.75, 3.05) is 0 Å². The molecule has 0 bridgehead atoms. The highest BCUT2D eigenvalue weighted by Gasteiger charge is 2.19. The Bertz CT molecular complexity index is 2620. The van der Waals surface area contributed by atoms with Gasteiger partial charge in [-0.15, -0.1) is 0 Å². The molecule has 7 heterocycles. The summed E-state index contributed by atoms with van der Waals surface area (Å²) in [5.74, 6) is 0. The predicted octanol–water partition coefficient (Wildman–Crippen LogP) is 14.9. The maximum absolute atomic E-state index is 2.46. The Hall–Kier alpha value is -5.02. The first-order valence-electron chi connectivity index (χ1n) is 16.6. The minimum atomic E-state index is 1.20. The number of thiophene rings is 5. The Morgan fingerprint density at radius 3 is 0.843 bits per heavy atom. The fourth-order valence-corrected chi connectivity index (χ4v) is 11.2. The molecule has 0 N–H and O–H groups in total. The highest BCUT2D eigenvalue weighted by atomic mass is 32.1. The summed E-state index contributed by atoms with van der Waals surface area (Å²) in [5.41, 5.74) is 15.0. The van der Waals surface area contributed by atoms with Crippen LogP contribution in [0, 0.1) is 0 Å². The van der Waals surface area contributed by atoms with Gasteiger partial charge in [-0.25, -0.2) is 0 Å². The highest BCUT2D eigenvalue weighted by Crippen LogP contribution is 2.42. The summed E-state index contributed by atoms with van der Waals surface area (Å²) in [4.78, 5) is 0. The van der Waals surface area contributed by atoms with Crippen LogP contribution in [0.4, 0.5) is 0 Å². The van der Waals surface area contributed by atoms with Gasteiger partial charge in [0.2, 0.25) is 0 Å². The van der Waals surface area contributed by atoms with Crippen LogP contribution < -0.4 is 0 Å². The second-order valence-corrected chi connectivity index (χ2v) is 16.9. The molecule has 0 unspecified atom stereocenters. The molecule has 7 aromatic heterocycles. The molecule has 0 saturated heterocycles. The summed E-state index contributed by atoms with van der Waals surface area (Å²) < 4.78 is 4.93. The summed E-state index contributed by atoms with van der Waals surface area (Å²) in [5, 5.41) is 25.1. The normalized spacial score (nSPS) is 11.9. The lowest BCUT2D eigenvalue weighted by atomic mass is 10.0. The fraction of sp³-hybridized carbons (Fsp3) is 0. The van der Waals surface area contributed by atoms with Gasteiger partial charge in [-0.1, -0.05) is 35.6 Å².